The van der Waals surface area contributed by atoms with Crippen LogP contribution < -0.4 is 0 Å². The topological polar surface area (TPSA) is 29.5 Å². The molecule has 2 heteroatoms. The summed E-state index contributed by atoms with van der Waals surface area (Å²) in [7, 11) is 0. The lowest BCUT2D eigenvalue weighted by Crippen LogP contribution is -1.98. The fraction of sp³-hybridized carbons (Fsp3) is 1.00. The molecule has 0 saturated carbocycles. The van der Waals surface area contributed by atoms with Crippen LogP contribution in [0.5, 0.6) is 0 Å². The van der Waals surface area contributed by atoms with Gasteiger partial charge in [-0.2, -0.15) is 0 Å². The van der Waals surface area contributed by atoms with E-state index in [9.17, 15) is 5.11 Å². The van der Waals surface area contributed by atoms with Gasteiger partial charge >= 0.3 is 0 Å². The zero-order valence-corrected chi connectivity index (χ0v) is 16.9. The Kier molecular flexibility index (Phi) is 20.9. The summed E-state index contributed by atoms with van der Waals surface area (Å²) in [4.78, 5) is 0. The first-order valence-corrected chi connectivity index (χ1v) is 11.0. The molecular weight excluding hydrogens is 296 g/mol. The second kappa shape index (κ2) is 21.0. The quantitative estimate of drug-likeness (QED) is 0.240. The van der Waals surface area contributed by atoms with Crippen LogP contribution >= 0.6 is 0 Å². The highest BCUT2D eigenvalue weighted by atomic mass is 16.5. The summed E-state index contributed by atoms with van der Waals surface area (Å²) in [5.74, 6) is 0. The summed E-state index contributed by atoms with van der Waals surface area (Å²) >= 11 is 0. The Labute approximate surface area is 152 Å². The molecule has 1 atom stereocenters. The van der Waals surface area contributed by atoms with Gasteiger partial charge in [0, 0.05) is 13.2 Å². The minimum absolute atomic E-state index is 0.115. The van der Waals surface area contributed by atoms with Gasteiger partial charge in [-0.05, 0) is 26.2 Å². The van der Waals surface area contributed by atoms with Gasteiger partial charge in [-0.25, -0.2) is 0 Å². The second-order valence-corrected chi connectivity index (χ2v) is 7.55. The maximum absolute atomic E-state index is 9.18. The van der Waals surface area contributed by atoms with Crippen molar-refractivity contribution in [3.63, 3.8) is 0 Å². The van der Waals surface area contributed by atoms with E-state index < -0.39 is 0 Å². The van der Waals surface area contributed by atoms with E-state index in [2.05, 4.69) is 6.92 Å². The van der Waals surface area contributed by atoms with Gasteiger partial charge in [-0.15, -0.1) is 0 Å². The molecule has 1 N–H and O–H groups in total. The number of ether oxygens (including phenoxy) is 1. The van der Waals surface area contributed by atoms with Gasteiger partial charge < -0.3 is 9.84 Å². The Morgan fingerprint density at radius 2 is 0.958 bits per heavy atom. The molecule has 0 aromatic carbocycles. The fourth-order valence-corrected chi connectivity index (χ4v) is 3.14. The molecule has 0 aromatic rings. The highest BCUT2D eigenvalue weighted by Gasteiger charge is 1.96. The van der Waals surface area contributed by atoms with Crippen molar-refractivity contribution in [1.82, 2.24) is 0 Å². The highest BCUT2D eigenvalue weighted by molar-refractivity contribution is 4.50. The first-order valence-electron chi connectivity index (χ1n) is 11.0. The molecule has 0 spiro atoms. The summed E-state index contributed by atoms with van der Waals surface area (Å²) in [5, 5.41) is 9.18. The SMILES string of the molecule is CCCCCCCCCCOCCCCCCCCCCC(C)O. The Bertz CT molecular complexity index is 216. The van der Waals surface area contributed by atoms with Crippen LogP contribution in [0.25, 0.3) is 0 Å². The molecule has 1 unspecified atom stereocenters. The molecule has 0 amide bonds. The van der Waals surface area contributed by atoms with Crippen molar-refractivity contribution in [2.45, 2.75) is 129 Å². The number of hydrogen-bond acceptors (Lipinski definition) is 2. The van der Waals surface area contributed by atoms with Gasteiger partial charge in [0.15, 0.2) is 0 Å². The summed E-state index contributed by atoms with van der Waals surface area (Å²) in [6.45, 7) is 6.10. The first kappa shape index (κ1) is 23.9. The monoisotopic (exact) mass is 342 g/mol. The number of aliphatic hydroxyl groups is 1. The van der Waals surface area contributed by atoms with Gasteiger partial charge in [0.25, 0.3) is 0 Å². The van der Waals surface area contributed by atoms with Crippen LogP contribution in [0.2, 0.25) is 0 Å². The first-order chi connectivity index (χ1) is 11.8. The van der Waals surface area contributed by atoms with Crippen molar-refractivity contribution in [2.24, 2.45) is 0 Å². The normalized spacial score (nSPS) is 12.6. The molecule has 0 saturated heterocycles. The Morgan fingerprint density at radius 3 is 1.38 bits per heavy atom. The molecule has 0 bridgehead atoms. The van der Waals surface area contributed by atoms with Crippen molar-refractivity contribution >= 4 is 0 Å². The van der Waals surface area contributed by atoms with E-state index in [1.54, 1.807) is 0 Å². The Balaban J connectivity index is 2.95. The third kappa shape index (κ3) is 21.9. The molecule has 0 rings (SSSR count). The van der Waals surface area contributed by atoms with Gasteiger partial charge in [-0.1, -0.05) is 96.8 Å². The Hall–Kier alpha value is -0.0800. The smallest absolute Gasteiger partial charge is 0.0512 e. The number of hydrogen-bond donors (Lipinski definition) is 1. The summed E-state index contributed by atoms with van der Waals surface area (Å²) in [6.07, 6.45) is 22.3. The van der Waals surface area contributed by atoms with E-state index in [0.717, 1.165) is 19.6 Å². The molecule has 0 fully saturated rings. The maximum atomic E-state index is 9.18. The molecule has 0 radical (unpaired) electrons. The van der Waals surface area contributed by atoms with Gasteiger partial charge in [-0.3, -0.25) is 0 Å². The molecule has 0 aliphatic carbocycles. The zero-order valence-electron chi connectivity index (χ0n) is 16.9. The van der Waals surface area contributed by atoms with Crippen LogP contribution in [0, 0.1) is 0 Å². The predicted octanol–water partition coefficient (Wildman–Crippen LogP) is 7.04. The molecule has 0 aliphatic rings. The average molecular weight is 343 g/mol. The summed E-state index contributed by atoms with van der Waals surface area (Å²) < 4.78 is 5.74. The van der Waals surface area contributed by atoms with Crippen molar-refractivity contribution in [2.75, 3.05) is 13.2 Å². The third-order valence-electron chi connectivity index (χ3n) is 4.80. The van der Waals surface area contributed by atoms with Crippen molar-refractivity contribution < 1.29 is 9.84 Å². The van der Waals surface area contributed by atoms with E-state index in [-0.39, 0.29) is 6.10 Å². The minimum Gasteiger partial charge on any atom is -0.393 e. The van der Waals surface area contributed by atoms with E-state index in [1.165, 1.54) is 103 Å². The predicted molar refractivity (Wildman–Crippen MR) is 107 cm³/mol. The van der Waals surface area contributed by atoms with E-state index in [0.29, 0.717) is 0 Å². The van der Waals surface area contributed by atoms with Crippen molar-refractivity contribution in [1.29, 1.82) is 0 Å². The van der Waals surface area contributed by atoms with Crippen molar-refractivity contribution in [3.8, 4) is 0 Å². The van der Waals surface area contributed by atoms with Gasteiger partial charge in [0.2, 0.25) is 0 Å². The molecule has 0 heterocycles. The fourth-order valence-electron chi connectivity index (χ4n) is 3.14. The van der Waals surface area contributed by atoms with Crippen LogP contribution in [0.3, 0.4) is 0 Å². The molecule has 2 nitrogen and oxygen atoms in total. The van der Waals surface area contributed by atoms with Gasteiger partial charge in [0.05, 0.1) is 6.10 Å². The maximum Gasteiger partial charge on any atom is 0.0512 e. The highest BCUT2D eigenvalue weighted by Crippen LogP contribution is 2.11. The molecule has 24 heavy (non-hydrogen) atoms. The number of rotatable bonds is 20. The van der Waals surface area contributed by atoms with Crippen LogP contribution in [0.1, 0.15) is 123 Å². The summed E-state index contributed by atoms with van der Waals surface area (Å²) in [5.41, 5.74) is 0. The van der Waals surface area contributed by atoms with Gasteiger partial charge in [0.1, 0.15) is 0 Å². The minimum atomic E-state index is -0.115. The van der Waals surface area contributed by atoms with E-state index >= 15 is 0 Å². The second-order valence-electron chi connectivity index (χ2n) is 7.55. The molecule has 146 valence electrons. The summed E-state index contributed by atoms with van der Waals surface area (Å²) in [6, 6.07) is 0. The lowest BCUT2D eigenvalue weighted by molar-refractivity contribution is 0.125. The van der Waals surface area contributed by atoms with Crippen molar-refractivity contribution in [3.05, 3.63) is 0 Å². The lowest BCUT2D eigenvalue weighted by atomic mass is 10.1. The van der Waals surface area contributed by atoms with Crippen LogP contribution in [0.15, 0.2) is 0 Å². The number of aliphatic hydroxyl groups excluding tert-OH is 1. The van der Waals surface area contributed by atoms with E-state index in [4.69, 9.17) is 4.74 Å². The zero-order chi connectivity index (χ0) is 17.7. The molecule has 0 aromatic heterocycles. The molecular formula is C22H46O2. The van der Waals surface area contributed by atoms with Crippen LogP contribution in [-0.4, -0.2) is 24.4 Å². The average Bonchev–Trinajstić information content (AvgIpc) is 2.56. The van der Waals surface area contributed by atoms with Crippen LogP contribution in [-0.2, 0) is 4.74 Å². The Morgan fingerprint density at radius 1 is 0.583 bits per heavy atom. The largest absolute Gasteiger partial charge is 0.393 e. The standard InChI is InChI=1S/C22H46O2/c1-3-4-5-6-7-11-14-17-20-24-21-18-15-12-9-8-10-13-16-19-22(2)23/h22-23H,3-21H2,1-2H3. The third-order valence-corrected chi connectivity index (χ3v) is 4.80. The lowest BCUT2D eigenvalue weighted by Gasteiger charge is -2.05. The molecule has 0 aliphatic heterocycles. The van der Waals surface area contributed by atoms with E-state index in [1.807, 2.05) is 6.92 Å². The van der Waals surface area contributed by atoms with Crippen LogP contribution in [0.4, 0.5) is 0 Å². The number of unbranched alkanes of at least 4 members (excludes halogenated alkanes) is 14.